The van der Waals surface area contributed by atoms with E-state index < -0.39 is 0 Å². The lowest BCUT2D eigenvalue weighted by Gasteiger charge is -2.13. The first-order chi connectivity index (χ1) is 3.72. The van der Waals surface area contributed by atoms with Crippen LogP contribution in [0.25, 0.3) is 0 Å². The van der Waals surface area contributed by atoms with E-state index in [1.54, 1.807) is 0 Å². The van der Waals surface area contributed by atoms with E-state index in [4.69, 9.17) is 5.64 Å². The van der Waals surface area contributed by atoms with Gasteiger partial charge in [0.1, 0.15) is 0 Å². The summed E-state index contributed by atoms with van der Waals surface area (Å²) in [4.78, 5) is 0. The third-order valence-corrected chi connectivity index (χ3v) is 1.99. The summed E-state index contributed by atoms with van der Waals surface area (Å²) in [6.07, 6.45) is 1.25. The highest BCUT2D eigenvalue weighted by atomic mass is 14.4. The Labute approximate surface area is 52.9 Å². The van der Waals surface area contributed by atoms with Gasteiger partial charge in [-0.05, 0) is 5.92 Å². The molecule has 0 radical (unpaired) electrons. The van der Waals surface area contributed by atoms with Gasteiger partial charge in [-0.15, -0.1) is 0 Å². The van der Waals surface area contributed by atoms with Crippen molar-refractivity contribution in [3.8, 4) is 0 Å². The van der Waals surface area contributed by atoms with E-state index >= 15 is 0 Å². The van der Waals surface area contributed by atoms with Crippen LogP contribution in [0.5, 0.6) is 0 Å². The van der Waals surface area contributed by atoms with Gasteiger partial charge >= 0.3 is 0 Å². The van der Waals surface area contributed by atoms with Gasteiger partial charge in [-0.3, -0.25) is 0 Å². The Hall–Kier alpha value is 0.0249. The molecular weight excluding hydrogens is 96.9 g/mol. The molecule has 0 bridgehead atoms. The smallest absolute Gasteiger partial charge is 0.201 e. The summed E-state index contributed by atoms with van der Waals surface area (Å²) in [5, 5.41) is 0. The second kappa shape index (κ2) is 3.96. The first-order valence-electron chi connectivity index (χ1n) is 3.42. The van der Waals surface area contributed by atoms with Crippen LogP contribution in [0.1, 0.15) is 27.2 Å². The van der Waals surface area contributed by atoms with Gasteiger partial charge in [-0.1, -0.05) is 33.0 Å². The quantitative estimate of drug-likeness (QED) is 0.546. The van der Waals surface area contributed by atoms with Crippen molar-refractivity contribution in [3.05, 3.63) is 0 Å². The molecule has 1 nitrogen and oxygen atoms in total. The summed E-state index contributed by atoms with van der Waals surface area (Å²) in [5.41, 5.74) is 5.45. The lowest BCUT2D eigenvalue weighted by atomic mass is 9.70. The second-order valence-corrected chi connectivity index (χ2v) is 2.60. The van der Waals surface area contributed by atoms with Gasteiger partial charge in [0.05, 0.1) is 0 Å². The van der Waals surface area contributed by atoms with Gasteiger partial charge in [0.15, 0.2) is 0 Å². The summed E-state index contributed by atoms with van der Waals surface area (Å²) in [5.74, 6) is 1.49. The fourth-order valence-corrected chi connectivity index (χ4v) is 0.635. The highest BCUT2D eigenvalue weighted by Crippen LogP contribution is 2.16. The molecule has 0 heterocycles. The van der Waals surface area contributed by atoms with Gasteiger partial charge < -0.3 is 5.64 Å². The average Bonchev–Trinajstić information content (AvgIpc) is 1.84. The molecule has 0 aromatic carbocycles. The Morgan fingerprint density at radius 2 is 2.00 bits per heavy atom. The van der Waals surface area contributed by atoms with Crippen molar-refractivity contribution in [1.82, 2.24) is 0 Å². The van der Waals surface area contributed by atoms with E-state index in [0.717, 1.165) is 13.3 Å². The third-order valence-electron chi connectivity index (χ3n) is 1.99. The molecule has 48 valence electrons. The van der Waals surface area contributed by atoms with Crippen LogP contribution in [0, 0.1) is 5.92 Å². The highest BCUT2D eigenvalue weighted by Gasteiger charge is 2.07. The molecule has 8 heavy (non-hydrogen) atoms. The Morgan fingerprint density at radius 1 is 1.50 bits per heavy atom. The monoisotopic (exact) mass is 113 g/mol. The average molecular weight is 113 g/mol. The van der Waals surface area contributed by atoms with Crippen LogP contribution >= 0.6 is 0 Å². The molecule has 2 heteroatoms. The van der Waals surface area contributed by atoms with Crippen molar-refractivity contribution in [2.75, 3.05) is 0 Å². The van der Waals surface area contributed by atoms with Gasteiger partial charge in [0, 0.05) is 0 Å². The molecule has 2 atom stereocenters. The first kappa shape index (κ1) is 8.02. The molecule has 0 aliphatic rings. The van der Waals surface area contributed by atoms with Gasteiger partial charge in [-0.25, -0.2) is 0 Å². The van der Waals surface area contributed by atoms with Crippen LogP contribution in [0.2, 0.25) is 5.82 Å². The number of hydrogen-bond acceptors (Lipinski definition) is 1. The fraction of sp³-hybridized carbons (Fsp3) is 1.00. The topological polar surface area (TPSA) is 26.0 Å². The molecule has 0 saturated carbocycles. The van der Waals surface area contributed by atoms with Crippen molar-refractivity contribution >= 4 is 7.41 Å². The number of hydrogen-bond donors (Lipinski definition) is 1. The summed E-state index contributed by atoms with van der Waals surface area (Å²) in [7, 11) is 0.828. The number of nitrogens with two attached hydrogens (primary N) is 1. The maximum absolute atomic E-state index is 5.45. The third kappa shape index (κ3) is 2.36. The molecule has 0 fully saturated rings. The molecule has 0 aromatic heterocycles. The largest absolute Gasteiger partial charge is 0.373 e. The van der Waals surface area contributed by atoms with Gasteiger partial charge in [-0.2, -0.15) is 0 Å². The fourth-order valence-electron chi connectivity index (χ4n) is 0.635. The highest BCUT2D eigenvalue weighted by molar-refractivity contribution is 6.33. The van der Waals surface area contributed by atoms with E-state index in [0.29, 0.717) is 5.82 Å². The molecule has 0 spiro atoms. The van der Waals surface area contributed by atoms with Crippen LogP contribution in [-0.4, -0.2) is 7.41 Å². The van der Waals surface area contributed by atoms with E-state index in [9.17, 15) is 0 Å². The van der Waals surface area contributed by atoms with E-state index in [1.165, 1.54) is 6.42 Å². The molecule has 0 aliphatic heterocycles. The van der Waals surface area contributed by atoms with E-state index in [-0.39, 0.29) is 0 Å². The maximum atomic E-state index is 5.45. The standard InChI is InChI=1S/C6H16BN/c1-4-5(2)6(3)7-8/h5-7H,4,8H2,1-3H3. The van der Waals surface area contributed by atoms with Crippen LogP contribution in [0.15, 0.2) is 0 Å². The molecule has 2 N–H and O–H groups in total. The normalized spacial score (nSPS) is 17.5. The summed E-state index contributed by atoms with van der Waals surface area (Å²) in [6.45, 7) is 6.66. The molecule has 0 rings (SSSR count). The molecule has 0 aromatic rings. The SMILES string of the molecule is CCC(C)C(C)BN. The Kier molecular flexibility index (Phi) is 3.97. The van der Waals surface area contributed by atoms with Crippen LogP contribution in [-0.2, 0) is 0 Å². The first-order valence-corrected chi connectivity index (χ1v) is 3.42. The van der Waals surface area contributed by atoms with Crippen molar-refractivity contribution in [1.29, 1.82) is 0 Å². The molecule has 2 unspecified atom stereocenters. The summed E-state index contributed by atoms with van der Waals surface area (Å²) in [6, 6.07) is 0. The van der Waals surface area contributed by atoms with Crippen molar-refractivity contribution in [3.63, 3.8) is 0 Å². The van der Waals surface area contributed by atoms with E-state index in [1.807, 2.05) is 0 Å². The minimum absolute atomic E-state index is 0.694. The molecular formula is C6H16BN. The number of rotatable bonds is 3. The van der Waals surface area contributed by atoms with Gasteiger partial charge in [0.2, 0.25) is 7.41 Å². The van der Waals surface area contributed by atoms with Crippen molar-refractivity contribution < 1.29 is 0 Å². The van der Waals surface area contributed by atoms with Gasteiger partial charge in [0.25, 0.3) is 0 Å². The van der Waals surface area contributed by atoms with E-state index in [2.05, 4.69) is 20.8 Å². The predicted molar refractivity (Wildman–Crippen MR) is 40.2 cm³/mol. The lowest BCUT2D eigenvalue weighted by Crippen LogP contribution is -2.16. The molecule has 0 saturated heterocycles. The zero-order valence-electron chi connectivity index (χ0n) is 6.15. The minimum atomic E-state index is 0.694. The Balaban J connectivity index is 3.29. The van der Waals surface area contributed by atoms with Crippen LogP contribution in [0.3, 0.4) is 0 Å². The maximum Gasteiger partial charge on any atom is 0.201 e. The Morgan fingerprint density at radius 3 is 2.12 bits per heavy atom. The Bertz CT molecular complexity index is 48.5. The van der Waals surface area contributed by atoms with Crippen LogP contribution in [0.4, 0.5) is 0 Å². The molecule has 0 amide bonds. The van der Waals surface area contributed by atoms with Crippen molar-refractivity contribution in [2.24, 2.45) is 11.6 Å². The van der Waals surface area contributed by atoms with Crippen LogP contribution < -0.4 is 5.64 Å². The second-order valence-electron chi connectivity index (χ2n) is 2.60. The molecule has 0 aliphatic carbocycles. The zero-order valence-corrected chi connectivity index (χ0v) is 6.15. The predicted octanol–water partition coefficient (Wildman–Crippen LogP) is 1.15. The summed E-state index contributed by atoms with van der Waals surface area (Å²) < 4.78 is 0. The van der Waals surface area contributed by atoms with Crippen molar-refractivity contribution in [2.45, 2.75) is 33.0 Å². The minimum Gasteiger partial charge on any atom is -0.373 e. The zero-order chi connectivity index (χ0) is 6.57. The lowest BCUT2D eigenvalue weighted by molar-refractivity contribution is 0.539. The summed E-state index contributed by atoms with van der Waals surface area (Å²) >= 11 is 0.